The van der Waals surface area contributed by atoms with E-state index in [2.05, 4.69) is 10.6 Å². The highest BCUT2D eigenvalue weighted by atomic mass is 35.5. The molecule has 170 valence electrons. The maximum Gasteiger partial charge on any atom is 0.320 e. The molecule has 0 fully saturated rings. The predicted molar refractivity (Wildman–Crippen MR) is 133 cm³/mol. The number of carbonyl (C=O) groups excluding carboxylic acids is 1. The van der Waals surface area contributed by atoms with Gasteiger partial charge in [0.15, 0.2) is 9.84 Å². The van der Waals surface area contributed by atoms with Crippen LogP contribution in [0.1, 0.15) is 22.7 Å². The van der Waals surface area contributed by atoms with E-state index in [1.807, 2.05) is 55.4 Å². The summed E-state index contributed by atoms with van der Waals surface area (Å²) in [5, 5.41) is 6.55. The molecule has 0 saturated carbocycles. The molecule has 1 aliphatic rings. The summed E-state index contributed by atoms with van der Waals surface area (Å²) in [6.45, 7) is 0. The Labute approximate surface area is 198 Å². The van der Waals surface area contributed by atoms with Crippen LogP contribution in [-0.2, 0) is 9.84 Å². The van der Waals surface area contributed by atoms with E-state index >= 15 is 0 Å². The van der Waals surface area contributed by atoms with Gasteiger partial charge in [-0.2, -0.15) is 0 Å². The van der Waals surface area contributed by atoms with Gasteiger partial charge < -0.3 is 15.5 Å². The molecule has 0 aliphatic carbocycles. The van der Waals surface area contributed by atoms with E-state index in [0.29, 0.717) is 10.7 Å². The molecule has 1 heterocycles. The molecule has 2 amide bonds. The van der Waals surface area contributed by atoms with E-state index in [1.165, 1.54) is 6.26 Å². The summed E-state index contributed by atoms with van der Waals surface area (Å²) in [4.78, 5) is 14.9. The van der Waals surface area contributed by atoms with Crippen molar-refractivity contribution in [1.29, 1.82) is 0 Å². The zero-order valence-corrected chi connectivity index (χ0v) is 20.0. The monoisotopic (exact) mass is 481 g/mol. The number of urea groups is 1. The molecule has 4 rings (SSSR count). The van der Waals surface area contributed by atoms with Crippen LogP contribution in [0, 0.1) is 0 Å². The summed E-state index contributed by atoms with van der Waals surface area (Å²) < 4.78 is 23.9. The molecule has 33 heavy (non-hydrogen) atoms. The standard InChI is InChI=1S/C25H24ClN3O3S/c1-29(2)20-12-6-18(7-13-20)24-22(16-8-14-21(15-9-16)33(3,31)32)23(27-25(30)28-24)17-4-10-19(26)11-5-17/h4-15,24H,1-3H3,(H2,27,28,30). The Hall–Kier alpha value is -3.29. The second-order valence-electron chi connectivity index (χ2n) is 8.11. The molecule has 0 saturated heterocycles. The van der Waals surface area contributed by atoms with Gasteiger partial charge in [-0.3, -0.25) is 0 Å². The van der Waals surface area contributed by atoms with Crippen molar-refractivity contribution in [2.24, 2.45) is 0 Å². The van der Waals surface area contributed by atoms with Gasteiger partial charge in [-0.25, -0.2) is 13.2 Å². The average Bonchev–Trinajstić information content (AvgIpc) is 2.78. The van der Waals surface area contributed by atoms with Crippen molar-refractivity contribution in [3.63, 3.8) is 0 Å². The van der Waals surface area contributed by atoms with Gasteiger partial charge >= 0.3 is 6.03 Å². The summed E-state index contributed by atoms with van der Waals surface area (Å²) in [5.41, 5.74) is 5.01. The lowest BCUT2D eigenvalue weighted by Crippen LogP contribution is -2.43. The molecule has 0 radical (unpaired) electrons. The molecule has 0 aromatic heterocycles. The van der Waals surface area contributed by atoms with Crippen molar-refractivity contribution in [2.75, 3.05) is 25.3 Å². The molecule has 1 unspecified atom stereocenters. The molecule has 0 spiro atoms. The summed E-state index contributed by atoms with van der Waals surface area (Å²) >= 11 is 6.08. The van der Waals surface area contributed by atoms with Crippen LogP contribution in [0.5, 0.6) is 0 Å². The number of halogens is 1. The highest BCUT2D eigenvalue weighted by molar-refractivity contribution is 7.90. The lowest BCUT2D eigenvalue weighted by atomic mass is 9.88. The van der Waals surface area contributed by atoms with Crippen LogP contribution in [0.3, 0.4) is 0 Å². The first kappa shape index (κ1) is 22.9. The van der Waals surface area contributed by atoms with Gasteiger partial charge in [-0.1, -0.05) is 48.0 Å². The summed E-state index contributed by atoms with van der Waals surface area (Å²) in [7, 11) is 0.605. The number of carbonyl (C=O) groups is 1. The van der Waals surface area contributed by atoms with Gasteiger partial charge in [-0.05, 0) is 53.1 Å². The van der Waals surface area contributed by atoms with E-state index in [9.17, 15) is 13.2 Å². The number of sulfone groups is 1. The van der Waals surface area contributed by atoms with Crippen LogP contribution in [0.25, 0.3) is 11.3 Å². The Bertz CT molecular complexity index is 1310. The minimum absolute atomic E-state index is 0.236. The number of nitrogens with zero attached hydrogens (tertiary/aromatic N) is 1. The van der Waals surface area contributed by atoms with Gasteiger partial charge in [0.05, 0.1) is 16.6 Å². The summed E-state index contributed by atoms with van der Waals surface area (Å²) in [6, 6.07) is 21.1. The normalized spacial score (nSPS) is 16.2. The average molecular weight is 482 g/mol. The van der Waals surface area contributed by atoms with Crippen LogP contribution < -0.4 is 15.5 Å². The van der Waals surface area contributed by atoms with E-state index in [0.717, 1.165) is 28.0 Å². The van der Waals surface area contributed by atoms with Crippen molar-refractivity contribution < 1.29 is 13.2 Å². The van der Waals surface area contributed by atoms with Crippen LogP contribution in [0.2, 0.25) is 5.02 Å². The van der Waals surface area contributed by atoms with Crippen LogP contribution >= 0.6 is 11.6 Å². The van der Waals surface area contributed by atoms with Gasteiger partial charge in [0.1, 0.15) is 0 Å². The fourth-order valence-corrected chi connectivity index (χ4v) is 4.57. The van der Waals surface area contributed by atoms with Gasteiger partial charge in [0.25, 0.3) is 0 Å². The zero-order chi connectivity index (χ0) is 23.8. The highest BCUT2D eigenvalue weighted by Crippen LogP contribution is 2.38. The van der Waals surface area contributed by atoms with Crippen molar-refractivity contribution in [3.05, 3.63) is 94.5 Å². The molecule has 3 aromatic rings. The van der Waals surface area contributed by atoms with E-state index < -0.39 is 15.9 Å². The molecule has 6 nitrogen and oxygen atoms in total. The molecule has 2 N–H and O–H groups in total. The number of hydrogen-bond acceptors (Lipinski definition) is 4. The minimum atomic E-state index is -3.33. The van der Waals surface area contributed by atoms with Gasteiger partial charge in [-0.15, -0.1) is 0 Å². The Morgan fingerprint density at radius 3 is 1.97 bits per heavy atom. The summed E-state index contributed by atoms with van der Waals surface area (Å²) in [5.74, 6) is 0. The molecular weight excluding hydrogens is 458 g/mol. The van der Waals surface area contributed by atoms with Gasteiger partial charge in [0.2, 0.25) is 0 Å². The molecule has 1 atom stereocenters. The van der Waals surface area contributed by atoms with E-state index in [1.54, 1.807) is 36.4 Å². The number of benzene rings is 3. The lowest BCUT2D eigenvalue weighted by molar-refractivity contribution is 0.242. The van der Waals surface area contributed by atoms with E-state index in [4.69, 9.17) is 11.6 Å². The number of amides is 2. The number of anilines is 1. The first-order valence-corrected chi connectivity index (χ1v) is 12.6. The largest absolute Gasteiger partial charge is 0.378 e. The Morgan fingerprint density at radius 1 is 0.848 bits per heavy atom. The van der Waals surface area contributed by atoms with Gasteiger partial charge in [0, 0.05) is 36.6 Å². The molecular formula is C25H24ClN3O3S. The Balaban J connectivity index is 1.91. The first-order chi connectivity index (χ1) is 15.6. The first-order valence-electron chi connectivity index (χ1n) is 10.3. The fourth-order valence-electron chi connectivity index (χ4n) is 3.82. The maximum atomic E-state index is 12.7. The van der Waals surface area contributed by atoms with Crippen molar-refractivity contribution in [1.82, 2.24) is 10.6 Å². The minimum Gasteiger partial charge on any atom is -0.378 e. The van der Waals surface area contributed by atoms with Crippen molar-refractivity contribution in [2.45, 2.75) is 10.9 Å². The maximum absolute atomic E-state index is 12.7. The smallest absolute Gasteiger partial charge is 0.320 e. The molecule has 8 heteroatoms. The SMILES string of the molecule is CN(C)c1ccc(C2NC(=O)NC(c3ccc(Cl)cc3)=C2c2ccc(S(C)(=O)=O)cc2)cc1. The second kappa shape index (κ2) is 8.92. The van der Waals surface area contributed by atoms with E-state index in [-0.39, 0.29) is 10.9 Å². The third-order valence-corrected chi connectivity index (χ3v) is 6.92. The van der Waals surface area contributed by atoms with Crippen molar-refractivity contribution >= 4 is 44.4 Å². The van der Waals surface area contributed by atoms with Crippen LogP contribution in [0.15, 0.2) is 77.7 Å². The zero-order valence-electron chi connectivity index (χ0n) is 18.5. The lowest BCUT2D eigenvalue weighted by Gasteiger charge is -2.31. The second-order valence-corrected chi connectivity index (χ2v) is 10.6. The van der Waals surface area contributed by atoms with Crippen molar-refractivity contribution in [3.8, 4) is 0 Å². The number of hydrogen-bond donors (Lipinski definition) is 2. The molecule has 3 aromatic carbocycles. The number of nitrogens with one attached hydrogen (secondary N) is 2. The topological polar surface area (TPSA) is 78.5 Å². The van der Waals surface area contributed by atoms with Crippen LogP contribution in [-0.4, -0.2) is 34.8 Å². The quantitative estimate of drug-likeness (QED) is 0.552. The Morgan fingerprint density at radius 2 is 1.42 bits per heavy atom. The third-order valence-electron chi connectivity index (χ3n) is 5.54. The molecule has 1 aliphatic heterocycles. The fraction of sp³-hybridized carbons (Fsp3) is 0.160. The highest BCUT2D eigenvalue weighted by Gasteiger charge is 2.30. The third kappa shape index (κ3) is 4.89. The molecule has 0 bridgehead atoms. The summed E-state index contributed by atoms with van der Waals surface area (Å²) in [6.07, 6.45) is 1.18. The predicted octanol–water partition coefficient (Wildman–Crippen LogP) is 4.73. The number of rotatable bonds is 5. The Kier molecular flexibility index (Phi) is 6.19. The van der Waals surface area contributed by atoms with Crippen LogP contribution in [0.4, 0.5) is 10.5 Å².